The van der Waals surface area contributed by atoms with Crippen LogP contribution in [0.3, 0.4) is 0 Å². The Morgan fingerprint density at radius 3 is 2.81 bits per heavy atom. The Morgan fingerprint density at radius 2 is 2.03 bits per heavy atom. The summed E-state index contributed by atoms with van der Waals surface area (Å²) in [6, 6.07) is 8.72. The maximum absolute atomic E-state index is 12.9. The van der Waals surface area contributed by atoms with Crippen LogP contribution in [0.2, 0.25) is 0 Å². The van der Waals surface area contributed by atoms with E-state index >= 15 is 0 Å². The van der Waals surface area contributed by atoms with Gasteiger partial charge in [-0.3, -0.25) is 14.8 Å². The number of aryl methyl sites for hydroxylation is 1. The number of fused-ring (bicyclic) bond motifs is 3. The average Bonchev–Trinajstić information content (AvgIpc) is 3.09. The molecule has 164 valence electrons. The molecule has 1 spiro atoms. The summed E-state index contributed by atoms with van der Waals surface area (Å²) in [4.78, 5) is 22.1. The van der Waals surface area contributed by atoms with E-state index in [9.17, 15) is 4.79 Å². The fourth-order valence-electron chi connectivity index (χ4n) is 6.01. The molecule has 3 nitrogen and oxygen atoms in total. The zero-order chi connectivity index (χ0) is 22.1. The van der Waals surface area contributed by atoms with E-state index in [1.807, 2.05) is 12.4 Å². The Hall–Kier alpha value is -2.81. The van der Waals surface area contributed by atoms with Crippen LogP contribution in [0, 0.1) is 0 Å². The fourth-order valence-corrected chi connectivity index (χ4v) is 6.01. The van der Waals surface area contributed by atoms with E-state index in [-0.39, 0.29) is 5.41 Å². The lowest BCUT2D eigenvalue weighted by Crippen LogP contribution is -2.26. The van der Waals surface area contributed by atoms with Crippen LogP contribution >= 0.6 is 0 Å². The van der Waals surface area contributed by atoms with Crippen LogP contribution in [-0.2, 0) is 11.8 Å². The second-order valence-electron chi connectivity index (χ2n) is 9.41. The summed E-state index contributed by atoms with van der Waals surface area (Å²) in [6.07, 6.45) is 17.1. The molecule has 1 aromatic carbocycles. The molecule has 0 saturated heterocycles. The smallest absolute Gasteiger partial charge is 0.164 e. The normalized spacial score (nSPS) is 19.9. The van der Waals surface area contributed by atoms with Gasteiger partial charge in [0.2, 0.25) is 0 Å². The zero-order valence-corrected chi connectivity index (χ0v) is 19.3. The first-order valence-electron chi connectivity index (χ1n) is 12.2. The van der Waals surface area contributed by atoms with Crippen LogP contribution in [0.4, 0.5) is 0 Å². The van der Waals surface area contributed by atoms with Gasteiger partial charge in [0.15, 0.2) is 5.78 Å². The predicted molar refractivity (Wildman–Crippen MR) is 132 cm³/mol. The minimum absolute atomic E-state index is 0.0682. The van der Waals surface area contributed by atoms with Crippen LogP contribution in [0.5, 0.6) is 0 Å². The van der Waals surface area contributed by atoms with Gasteiger partial charge in [0.25, 0.3) is 0 Å². The number of hydrogen-bond donors (Lipinski definition) is 0. The highest BCUT2D eigenvalue weighted by atomic mass is 16.1. The Balaban J connectivity index is 1.63. The molecule has 1 heterocycles. The third-order valence-corrected chi connectivity index (χ3v) is 7.58. The van der Waals surface area contributed by atoms with Gasteiger partial charge in [0.05, 0.1) is 0 Å². The summed E-state index contributed by atoms with van der Waals surface area (Å²) in [6.45, 7) is 4.90. The lowest BCUT2D eigenvalue weighted by molar-refractivity contribution is 0.0962. The van der Waals surface area contributed by atoms with Crippen molar-refractivity contribution in [3.63, 3.8) is 0 Å². The number of allylic oxidation sites excluding steroid dienone is 3. The summed E-state index contributed by atoms with van der Waals surface area (Å²) in [7, 11) is 0. The molecule has 0 amide bonds. The summed E-state index contributed by atoms with van der Waals surface area (Å²) < 4.78 is 0. The van der Waals surface area contributed by atoms with E-state index in [0.29, 0.717) is 12.2 Å². The van der Waals surface area contributed by atoms with E-state index in [1.165, 1.54) is 47.1 Å². The fraction of sp³-hybridized carbons (Fsp3) is 0.414. The molecule has 5 rings (SSSR count). The van der Waals surface area contributed by atoms with Crippen molar-refractivity contribution in [2.45, 2.75) is 70.6 Å². The molecule has 1 saturated carbocycles. The summed E-state index contributed by atoms with van der Waals surface area (Å²) in [5.41, 5.74) is 9.54. The van der Waals surface area contributed by atoms with Crippen LogP contribution in [0.1, 0.15) is 97.1 Å². The number of pyridine rings is 1. The second kappa shape index (κ2) is 8.61. The highest BCUT2D eigenvalue weighted by molar-refractivity contribution is 6.12. The minimum atomic E-state index is 0.0682. The SMILES string of the molecule is C/C=C(\C=NCC)c1ccnc2c1C(c1ccc3c(c1)C1(CCCCC1)CC3=O)=CCC2. The molecule has 0 aliphatic heterocycles. The van der Waals surface area contributed by atoms with Gasteiger partial charge in [-0.15, -0.1) is 0 Å². The van der Waals surface area contributed by atoms with E-state index in [1.54, 1.807) is 0 Å². The van der Waals surface area contributed by atoms with Gasteiger partial charge in [-0.2, -0.15) is 0 Å². The van der Waals surface area contributed by atoms with Gasteiger partial charge in [-0.1, -0.05) is 43.5 Å². The summed E-state index contributed by atoms with van der Waals surface area (Å²) in [5, 5.41) is 0. The molecule has 3 heteroatoms. The van der Waals surface area contributed by atoms with Crippen LogP contribution < -0.4 is 0 Å². The Bertz CT molecular complexity index is 1150. The molecule has 0 unspecified atom stereocenters. The monoisotopic (exact) mass is 424 g/mol. The number of hydrogen-bond acceptors (Lipinski definition) is 3. The standard InChI is InChI=1S/C29H32N2O/c1-3-20(19-30-4-2)23-13-16-31-26-10-8-9-22(28(23)26)21-11-12-24-25(17-21)29(18-27(24)32)14-6-5-7-15-29/h3,9,11-13,16-17,19H,4-8,10,14-15,18H2,1-2H3/b20-3+,30-19?. The van der Waals surface area contributed by atoms with E-state index in [2.05, 4.69) is 55.3 Å². The number of ketones is 1. The molecule has 3 aliphatic carbocycles. The van der Waals surface area contributed by atoms with Crippen LogP contribution in [-0.4, -0.2) is 23.5 Å². The Morgan fingerprint density at radius 1 is 1.19 bits per heavy atom. The third kappa shape index (κ3) is 3.48. The molecule has 1 aromatic heterocycles. The lowest BCUT2D eigenvalue weighted by atomic mass is 9.70. The third-order valence-electron chi connectivity index (χ3n) is 7.58. The van der Waals surface area contributed by atoms with Gasteiger partial charge < -0.3 is 0 Å². The summed E-state index contributed by atoms with van der Waals surface area (Å²) in [5.74, 6) is 0.334. The molecule has 3 aliphatic rings. The van der Waals surface area contributed by atoms with Gasteiger partial charge in [0, 0.05) is 47.6 Å². The van der Waals surface area contributed by atoms with Crippen molar-refractivity contribution in [3.8, 4) is 0 Å². The molecular weight excluding hydrogens is 392 g/mol. The number of carbonyl (C=O) groups excluding carboxylic acids is 1. The maximum atomic E-state index is 12.9. The van der Waals surface area contributed by atoms with E-state index in [0.717, 1.165) is 49.1 Å². The topological polar surface area (TPSA) is 42.3 Å². The zero-order valence-electron chi connectivity index (χ0n) is 19.3. The number of benzene rings is 1. The molecule has 0 N–H and O–H groups in total. The molecule has 2 aromatic rings. The lowest BCUT2D eigenvalue weighted by Gasteiger charge is -2.34. The molecule has 32 heavy (non-hydrogen) atoms. The first-order valence-corrected chi connectivity index (χ1v) is 12.2. The number of carbonyl (C=O) groups is 1. The summed E-state index contributed by atoms with van der Waals surface area (Å²) >= 11 is 0. The molecule has 0 atom stereocenters. The van der Waals surface area contributed by atoms with Crippen LogP contribution in [0.25, 0.3) is 11.1 Å². The van der Waals surface area contributed by atoms with Crippen molar-refractivity contribution in [3.05, 3.63) is 76.1 Å². The van der Waals surface area contributed by atoms with Crippen molar-refractivity contribution < 1.29 is 4.79 Å². The van der Waals surface area contributed by atoms with E-state index in [4.69, 9.17) is 4.98 Å². The molecule has 0 bridgehead atoms. The van der Waals surface area contributed by atoms with Crippen molar-refractivity contribution in [2.24, 2.45) is 4.99 Å². The molecule has 1 fully saturated rings. The van der Waals surface area contributed by atoms with Gasteiger partial charge in [-0.05, 0) is 79.5 Å². The van der Waals surface area contributed by atoms with Gasteiger partial charge >= 0.3 is 0 Å². The molecular formula is C29H32N2O. The van der Waals surface area contributed by atoms with Crippen molar-refractivity contribution in [1.82, 2.24) is 4.98 Å². The first-order chi connectivity index (χ1) is 15.7. The number of aliphatic imine (C=N–C) groups is 1. The number of aromatic nitrogens is 1. The number of Topliss-reactive ketones (excluding diaryl/α,β-unsaturated/α-hetero) is 1. The number of rotatable bonds is 4. The van der Waals surface area contributed by atoms with Gasteiger partial charge in [-0.25, -0.2) is 0 Å². The highest BCUT2D eigenvalue weighted by Crippen LogP contribution is 2.49. The van der Waals surface area contributed by atoms with Gasteiger partial charge in [0.1, 0.15) is 0 Å². The minimum Gasteiger partial charge on any atom is -0.294 e. The van der Waals surface area contributed by atoms with Crippen molar-refractivity contribution >= 4 is 23.1 Å². The quantitative estimate of drug-likeness (QED) is 0.510. The predicted octanol–water partition coefficient (Wildman–Crippen LogP) is 6.74. The second-order valence-corrected chi connectivity index (χ2v) is 9.41. The largest absolute Gasteiger partial charge is 0.294 e. The van der Waals surface area contributed by atoms with Crippen molar-refractivity contribution in [1.29, 1.82) is 0 Å². The average molecular weight is 425 g/mol. The van der Waals surface area contributed by atoms with E-state index < -0.39 is 0 Å². The Labute approximate surface area is 191 Å². The number of nitrogens with zero attached hydrogens (tertiary/aromatic N) is 2. The van der Waals surface area contributed by atoms with Crippen molar-refractivity contribution in [2.75, 3.05) is 6.54 Å². The molecule has 0 radical (unpaired) electrons. The van der Waals surface area contributed by atoms with Crippen LogP contribution in [0.15, 0.2) is 47.6 Å². The first kappa shape index (κ1) is 21.1. The highest BCUT2D eigenvalue weighted by Gasteiger charge is 2.43. The Kier molecular flexibility index (Phi) is 5.67. The maximum Gasteiger partial charge on any atom is 0.164 e.